The molecule has 1 fully saturated rings. The van der Waals surface area contributed by atoms with Gasteiger partial charge in [-0.15, -0.1) is 0 Å². The third-order valence-electron chi connectivity index (χ3n) is 4.22. The lowest BCUT2D eigenvalue weighted by atomic mass is 10.1. The van der Waals surface area contributed by atoms with E-state index in [-0.39, 0.29) is 5.91 Å². The molecule has 1 amide bonds. The molecular formula is C17H22N4O. The number of aromatic nitrogens is 2. The lowest BCUT2D eigenvalue weighted by Gasteiger charge is -2.34. The second-order valence-corrected chi connectivity index (χ2v) is 5.77. The molecule has 3 rings (SSSR count). The number of hydrogen-bond acceptors (Lipinski definition) is 3. The van der Waals surface area contributed by atoms with Crippen molar-refractivity contribution in [2.45, 2.75) is 13.0 Å². The van der Waals surface area contributed by atoms with Gasteiger partial charge in [0, 0.05) is 39.4 Å². The molecule has 116 valence electrons. The van der Waals surface area contributed by atoms with E-state index in [1.165, 1.54) is 5.56 Å². The summed E-state index contributed by atoms with van der Waals surface area (Å²) >= 11 is 0. The molecule has 0 N–H and O–H groups in total. The van der Waals surface area contributed by atoms with E-state index in [2.05, 4.69) is 22.1 Å². The molecule has 0 aliphatic carbocycles. The minimum atomic E-state index is 0.226. The molecule has 5 heteroatoms. The third kappa shape index (κ3) is 3.54. The first kappa shape index (κ1) is 14.8. The van der Waals surface area contributed by atoms with E-state index in [1.807, 2.05) is 40.9 Å². The fourth-order valence-corrected chi connectivity index (χ4v) is 2.82. The Morgan fingerprint density at radius 2 is 1.95 bits per heavy atom. The zero-order valence-corrected chi connectivity index (χ0v) is 13.0. The van der Waals surface area contributed by atoms with Crippen molar-refractivity contribution in [3.8, 4) is 0 Å². The maximum Gasteiger partial charge on any atom is 0.236 e. The van der Waals surface area contributed by atoms with Crippen LogP contribution in [0.5, 0.6) is 0 Å². The van der Waals surface area contributed by atoms with E-state index >= 15 is 0 Å². The van der Waals surface area contributed by atoms with Gasteiger partial charge in [-0.3, -0.25) is 14.4 Å². The van der Waals surface area contributed by atoms with Gasteiger partial charge in [-0.2, -0.15) is 5.10 Å². The first-order valence-electron chi connectivity index (χ1n) is 7.73. The maximum atomic E-state index is 12.3. The molecule has 22 heavy (non-hydrogen) atoms. The lowest BCUT2D eigenvalue weighted by molar-refractivity contribution is -0.136. The van der Waals surface area contributed by atoms with E-state index in [0.29, 0.717) is 6.54 Å². The predicted octanol–water partition coefficient (Wildman–Crippen LogP) is 1.31. The molecule has 0 saturated carbocycles. The Labute approximate surface area is 131 Å². The van der Waals surface area contributed by atoms with Gasteiger partial charge in [0.2, 0.25) is 5.91 Å². The molecule has 5 nitrogen and oxygen atoms in total. The van der Waals surface area contributed by atoms with Gasteiger partial charge in [-0.25, -0.2) is 0 Å². The SMILES string of the molecule is Cn1nccc1CN1CCN(CCc2ccccc2)C(=O)C1. The minimum absolute atomic E-state index is 0.226. The van der Waals surface area contributed by atoms with E-state index in [0.717, 1.165) is 38.3 Å². The maximum absolute atomic E-state index is 12.3. The highest BCUT2D eigenvalue weighted by Crippen LogP contribution is 2.10. The average Bonchev–Trinajstić information content (AvgIpc) is 2.93. The second-order valence-electron chi connectivity index (χ2n) is 5.77. The van der Waals surface area contributed by atoms with Gasteiger partial charge in [0.15, 0.2) is 0 Å². The molecule has 2 aromatic rings. The van der Waals surface area contributed by atoms with Gasteiger partial charge in [-0.1, -0.05) is 30.3 Å². The van der Waals surface area contributed by atoms with Crippen LogP contribution in [-0.2, 0) is 24.8 Å². The summed E-state index contributed by atoms with van der Waals surface area (Å²) in [6, 6.07) is 12.3. The molecule has 0 radical (unpaired) electrons. The first-order valence-corrected chi connectivity index (χ1v) is 7.73. The highest BCUT2D eigenvalue weighted by molar-refractivity contribution is 5.79. The summed E-state index contributed by atoms with van der Waals surface area (Å²) in [5, 5.41) is 4.17. The monoisotopic (exact) mass is 298 g/mol. The predicted molar refractivity (Wildman–Crippen MR) is 85.2 cm³/mol. The topological polar surface area (TPSA) is 41.4 Å². The summed E-state index contributed by atoms with van der Waals surface area (Å²) in [6.07, 6.45) is 2.72. The number of carbonyl (C=O) groups is 1. The highest BCUT2D eigenvalue weighted by Gasteiger charge is 2.24. The standard InChI is InChI=1S/C17H22N4O/c1-19-16(7-9-18-19)13-20-11-12-21(17(22)14-20)10-8-15-5-3-2-4-6-15/h2-7,9H,8,10-14H2,1H3. The van der Waals surface area contributed by atoms with Crippen molar-refractivity contribution in [3.05, 3.63) is 53.9 Å². The van der Waals surface area contributed by atoms with E-state index in [9.17, 15) is 4.79 Å². The number of benzene rings is 1. The zero-order chi connectivity index (χ0) is 15.4. The number of rotatable bonds is 5. The smallest absolute Gasteiger partial charge is 0.236 e. The molecular weight excluding hydrogens is 276 g/mol. The Kier molecular flexibility index (Phi) is 4.53. The van der Waals surface area contributed by atoms with E-state index in [4.69, 9.17) is 0 Å². The summed E-state index contributed by atoms with van der Waals surface area (Å²) in [5.41, 5.74) is 2.43. The van der Waals surface area contributed by atoms with Crippen LogP contribution in [0.4, 0.5) is 0 Å². The van der Waals surface area contributed by atoms with Crippen molar-refractivity contribution < 1.29 is 4.79 Å². The van der Waals surface area contributed by atoms with Crippen molar-refractivity contribution in [2.75, 3.05) is 26.2 Å². The third-order valence-corrected chi connectivity index (χ3v) is 4.22. The Morgan fingerprint density at radius 3 is 2.64 bits per heavy atom. The van der Waals surface area contributed by atoms with Crippen LogP contribution in [0.25, 0.3) is 0 Å². The zero-order valence-electron chi connectivity index (χ0n) is 13.0. The van der Waals surface area contributed by atoms with Gasteiger partial charge >= 0.3 is 0 Å². The van der Waals surface area contributed by atoms with Gasteiger partial charge in [-0.05, 0) is 18.1 Å². The Hall–Kier alpha value is -2.14. The molecule has 0 spiro atoms. The highest BCUT2D eigenvalue weighted by atomic mass is 16.2. The van der Waals surface area contributed by atoms with Crippen molar-refractivity contribution >= 4 is 5.91 Å². The molecule has 1 aromatic heterocycles. The van der Waals surface area contributed by atoms with Crippen LogP contribution < -0.4 is 0 Å². The van der Waals surface area contributed by atoms with Crippen LogP contribution in [-0.4, -0.2) is 51.7 Å². The molecule has 1 saturated heterocycles. The Bertz CT molecular complexity index is 623. The lowest BCUT2D eigenvalue weighted by Crippen LogP contribution is -2.50. The van der Waals surface area contributed by atoms with Crippen LogP contribution in [0.1, 0.15) is 11.3 Å². The van der Waals surface area contributed by atoms with Gasteiger partial charge in [0.25, 0.3) is 0 Å². The van der Waals surface area contributed by atoms with E-state index < -0.39 is 0 Å². The van der Waals surface area contributed by atoms with Crippen LogP contribution in [0.2, 0.25) is 0 Å². The molecule has 1 aliphatic rings. The summed E-state index contributed by atoms with van der Waals surface area (Å²) < 4.78 is 1.87. The van der Waals surface area contributed by atoms with Crippen LogP contribution in [0.15, 0.2) is 42.6 Å². The fourth-order valence-electron chi connectivity index (χ4n) is 2.82. The molecule has 1 aromatic carbocycles. The van der Waals surface area contributed by atoms with Crippen molar-refractivity contribution in [2.24, 2.45) is 7.05 Å². The normalized spacial score (nSPS) is 16.2. The Balaban J connectivity index is 1.50. The number of hydrogen-bond donors (Lipinski definition) is 0. The number of nitrogens with zero attached hydrogens (tertiary/aromatic N) is 4. The van der Waals surface area contributed by atoms with Crippen molar-refractivity contribution in [3.63, 3.8) is 0 Å². The quantitative estimate of drug-likeness (QED) is 0.836. The first-order chi connectivity index (χ1) is 10.7. The molecule has 2 heterocycles. The molecule has 1 aliphatic heterocycles. The molecule has 0 atom stereocenters. The van der Waals surface area contributed by atoms with Gasteiger partial charge in [0.05, 0.1) is 12.2 Å². The van der Waals surface area contributed by atoms with Crippen LogP contribution >= 0.6 is 0 Å². The second kappa shape index (κ2) is 6.75. The number of carbonyl (C=O) groups excluding carboxylic acids is 1. The summed E-state index contributed by atoms with van der Waals surface area (Å²) in [7, 11) is 1.94. The largest absolute Gasteiger partial charge is 0.340 e. The van der Waals surface area contributed by atoms with Crippen molar-refractivity contribution in [1.82, 2.24) is 19.6 Å². The van der Waals surface area contributed by atoms with E-state index in [1.54, 1.807) is 6.20 Å². The minimum Gasteiger partial charge on any atom is -0.340 e. The number of amides is 1. The van der Waals surface area contributed by atoms with Crippen LogP contribution in [0.3, 0.4) is 0 Å². The van der Waals surface area contributed by atoms with Crippen molar-refractivity contribution in [1.29, 1.82) is 0 Å². The average molecular weight is 298 g/mol. The molecule has 0 unspecified atom stereocenters. The fraction of sp³-hybridized carbons (Fsp3) is 0.412. The molecule has 0 bridgehead atoms. The summed E-state index contributed by atoms with van der Waals surface area (Å²) in [6.45, 7) is 3.83. The summed E-state index contributed by atoms with van der Waals surface area (Å²) in [4.78, 5) is 16.5. The Morgan fingerprint density at radius 1 is 1.14 bits per heavy atom. The van der Waals surface area contributed by atoms with Crippen LogP contribution in [0, 0.1) is 0 Å². The summed E-state index contributed by atoms with van der Waals surface area (Å²) in [5.74, 6) is 0.226. The van der Waals surface area contributed by atoms with Gasteiger partial charge < -0.3 is 4.90 Å². The number of aryl methyl sites for hydroxylation is 1. The number of piperazine rings is 1. The van der Waals surface area contributed by atoms with Gasteiger partial charge in [0.1, 0.15) is 0 Å².